The standard InChI is InChI=1S/C14H18N4O2.CH2O2/c1-8-9(2)12(14(20)18-10(8)3)13(19)17-5-4-11-15-6-7-16-11;2-1-3/h6-7H,4-5H2,1-3H3,(H,15,16)(H,17,19)(H,18,20);1H,(H,2,3). The third kappa shape index (κ3) is 4.80. The molecule has 0 saturated heterocycles. The maximum atomic E-state index is 12.1. The summed E-state index contributed by atoms with van der Waals surface area (Å²) in [6.07, 6.45) is 3.99. The summed E-state index contributed by atoms with van der Waals surface area (Å²) >= 11 is 0. The first-order valence-corrected chi connectivity index (χ1v) is 6.96. The normalized spacial score (nSPS) is 9.70. The van der Waals surface area contributed by atoms with Gasteiger partial charge >= 0.3 is 0 Å². The number of hydrogen-bond acceptors (Lipinski definition) is 4. The Morgan fingerprint density at radius 1 is 1.35 bits per heavy atom. The number of nitrogens with one attached hydrogen (secondary N) is 3. The lowest BCUT2D eigenvalue weighted by Gasteiger charge is -2.10. The van der Waals surface area contributed by atoms with Crippen molar-refractivity contribution in [1.82, 2.24) is 20.3 Å². The van der Waals surface area contributed by atoms with E-state index in [0.717, 1.165) is 22.6 Å². The SMILES string of the molecule is Cc1[nH]c(=O)c(C(=O)NCCc2ncc[nH]2)c(C)c1C.O=CO. The van der Waals surface area contributed by atoms with Gasteiger partial charge in [-0.1, -0.05) is 0 Å². The lowest BCUT2D eigenvalue weighted by Crippen LogP contribution is -2.33. The van der Waals surface area contributed by atoms with E-state index in [1.807, 2.05) is 13.8 Å². The second-order valence-electron chi connectivity index (χ2n) is 4.85. The third-order valence-corrected chi connectivity index (χ3v) is 3.46. The molecule has 2 heterocycles. The Balaban J connectivity index is 0.000000816. The van der Waals surface area contributed by atoms with Gasteiger partial charge in [0.2, 0.25) is 0 Å². The number of aromatic nitrogens is 3. The van der Waals surface area contributed by atoms with Crippen molar-refractivity contribution in [3.05, 3.63) is 51.0 Å². The summed E-state index contributed by atoms with van der Waals surface area (Å²) in [5.74, 6) is 0.453. The number of pyridine rings is 1. The van der Waals surface area contributed by atoms with Crippen LogP contribution in [0, 0.1) is 20.8 Å². The molecule has 0 aliphatic carbocycles. The molecular formula is C15H20N4O4. The van der Waals surface area contributed by atoms with Crippen molar-refractivity contribution in [2.24, 2.45) is 0 Å². The number of amides is 1. The van der Waals surface area contributed by atoms with Crippen LogP contribution in [0.25, 0.3) is 0 Å². The Labute approximate surface area is 133 Å². The van der Waals surface area contributed by atoms with E-state index in [1.54, 1.807) is 19.3 Å². The summed E-state index contributed by atoms with van der Waals surface area (Å²) in [6.45, 7) is 5.68. The molecule has 2 aromatic rings. The van der Waals surface area contributed by atoms with Crippen LogP contribution in [-0.4, -0.2) is 39.0 Å². The fourth-order valence-electron chi connectivity index (χ4n) is 2.06. The molecule has 0 aliphatic heterocycles. The highest BCUT2D eigenvalue weighted by molar-refractivity contribution is 5.95. The van der Waals surface area contributed by atoms with Gasteiger partial charge in [-0.3, -0.25) is 14.4 Å². The number of imidazole rings is 1. The highest BCUT2D eigenvalue weighted by Gasteiger charge is 2.16. The van der Waals surface area contributed by atoms with Gasteiger partial charge in [0.05, 0.1) is 0 Å². The quantitative estimate of drug-likeness (QED) is 0.616. The van der Waals surface area contributed by atoms with Crippen molar-refractivity contribution in [3.8, 4) is 0 Å². The summed E-state index contributed by atoms with van der Waals surface area (Å²) in [6, 6.07) is 0. The largest absolute Gasteiger partial charge is 0.483 e. The molecule has 2 aromatic heterocycles. The monoisotopic (exact) mass is 320 g/mol. The molecule has 1 amide bonds. The van der Waals surface area contributed by atoms with Gasteiger partial charge in [0, 0.05) is 31.1 Å². The Morgan fingerprint density at radius 3 is 2.57 bits per heavy atom. The molecule has 0 fully saturated rings. The molecule has 0 saturated carbocycles. The molecule has 124 valence electrons. The third-order valence-electron chi connectivity index (χ3n) is 3.46. The first-order chi connectivity index (χ1) is 10.9. The van der Waals surface area contributed by atoms with E-state index < -0.39 is 0 Å². The van der Waals surface area contributed by atoms with Gasteiger partial charge in [0.1, 0.15) is 11.4 Å². The van der Waals surface area contributed by atoms with Crippen LogP contribution >= 0.6 is 0 Å². The molecule has 0 radical (unpaired) electrons. The fourth-order valence-corrected chi connectivity index (χ4v) is 2.06. The molecule has 8 heteroatoms. The van der Waals surface area contributed by atoms with Gasteiger partial charge in [-0.2, -0.15) is 0 Å². The molecule has 0 aliphatic rings. The van der Waals surface area contributed by atoms with Crippen molar-refractivity contribution in [2.75, 3.05) is 6.54 Å². The number of aryl methyl sites for hydroxylation is 1. The number of nitrogens with zero attached hydrogens (tertiary/aromatic N) is 1. The molecule has 4 N–H and O–H groups in total. The van der Waals surface area contributed by atoms with Gasteiger partial charge in [-0.05, 0) is 31.9 Å². The van der Waals surface area contributed by atoms with Gasteiger partial charge in [-0.25, -0.2) is 4.98 Å². The van der Waals surface area contributed by atoms with E-state index >= 15 is 0 Å². The minimum atomic E-state index is -0.349. The molecule has 23 heavy (non-hydrogen) atoms. The molecule has 0 atom stereocenters. The number of rotatable bonds is 4. The van der Waals surface area contributed by atoms with Gasteiger partial charge in [0.25, 0.3) is 17.9 Å². The zero-order chi connectivity index (χ0) is 17.4. The summed E-state index contributed by atoms with van der Waals surface area (Å²) in [7, 11) is 0. The second-order valence-corrected chi connectivity index (χ2v) is 4.85. The van der Waals surface area contributed by atoms with Gasteiger partial charge < -0.3 is 20.4 Å². The highest BCUT2D eigenvalue weighted by atomic mass is 16.3. The topological polar surface area (TPSA) is 128 Å². The van der Waals surface area contributed by atoms with Crippen LogP contribution in [0.5, 0.6) is 0 Å². The highest BCUT2D eigenvalue weighted by Crippen LogP contribution is 2.11. The number of aromatic amines is 2. The zero-order valence-corrected chi connectivity index (χ0v) is 13.3. The Bertz CT molecular complexity index is 720. The number of carbonyl (C=O) groups excluding carboxylic acids is 1. The van der Waals surface area contributed by atoms with Crippen molar-refractivity contribution < 1.29 is 14.7 Å². The summed E-state index contributed by atoms with van der Waals surface area (Å²) in [4.78, 5) is 42.1. The van der Waals surface area contributed by atoms with Crippen LogP contribution in [0.2, 0.25) is 0 Å². The van der Waals surface area contributed by atoms with Crippen LogP contribution in [0.4, 0.5) is 0 Å². The first-order valence-electron chi connectivity index (χ1n) is 6.96. The van der Waals surface area contributed by atoms with Crippen molar-refractivity contribution >= 4 is 12.4 Å². The summed E-state index contributed by atoms with van der Waals surface area (Å²) < 4.78 is 0. The average Bonchev–Trinajstić information content (AvgIpc) is 2.99. The predicted molar refractivity (Wildman–Crippen MR) is 84.6 cm³/mol. The molecule has 8 nitrogen and oxygen atoms in total. The first kappa shape index (κ1) is 18.1. The zero-order valence-electron chi connectivity index (χ0n) is 13.3. The van der Waals surface area contributed by atoms with E-state index in [9.17, 15) is 9.59 Å². The Hall–Kier alpha value is -2.90. The Kier molecular flexibility index (Phi) is 6.72. The van der Waals surface area contributed by atoms with Crippen LogP contribution in [0.15, 0.2) is 17.2 Å². The second kappa shape index (κ2) is 8.52. The lowest BCUT2D eigenvalue weighted by atomic mass is 10.0. The predicted octanol–water partition coefficient (Wildman–Crippen LogP) is 0.697. The lowest BCUT2D eigenvalue weighted by molar-refractivity contribution is -0.122. The van der Waals surface area contributed by atoms with Gasteiger partial charge in [0.15, 0.2) is 0 Å². The minimum absolute atomic E-state index is 0.188. The number of carbonyl (C=O) groups is 2. The molecule has 2 rings (SSSR count). The smallest absolute Gasteiger partial charge is 0.290 e. The maximum Gasteiger partial charge on any atom is 0.290 e. The van der Waals surface area contributed by atoms with E-state index in [0.29, 0.717) is 13.0 Å². The van der Waals surface area contributed by atoms with E-state index in [1.165, 1.54) is 0 Å². The van der Waals surface area contributed by atoms with E-state index in [4.69, 9.17) is 9.90 Å². The maximum absolute atomic E-state index is 12.1. The van der Waals surface area contributed by atoms with E-state index in [2.05, 4.69) is 20.3 Å². The van der Waals surface area contributed by atoms with Crippen molar-refractivity contribution in [3.63, 3.8) is 0 Å². The molecule has 0 spiro atoms. The van der Waals surface area contributed by atoms with Crippen LogP contribution in [0.1, 0.15) is 33.0 Å². The molecule has 0 unspecified atom stereocenters. The summed E-state index contributed by atoms with van der Waals surface area (Å²) in [5, 5.41) is 9.64. The summed E-state index contributed by atoms with van der Waals surface area (Å²) in [5.41, 5.74) is 2.29. The minimum Gasteiger partial charge on any atom is -0.483 e. The molecule has 0 aromatic carbocycles. The van der Waals surface area contributed by atoms with Crippen molar-refractivity contribution in [2.45, 2.75) is 27.2 Å². The molecular weight excluding hydrogens is 300 g/mol. The van der Waals surface area contributed by atoms with E-state index in [-0.39, 0.29) is 23.5 Å². The van der Waals surface area contributed by atoms with Gasteiger partial charge in [-0.15, -0.1) is 0 Å². The van der Waals surface area contributed by atoms with Crippen molar-refractivity contribution in [1.29, 1.82) is 0 Å². The number of carboxylic acid groups (broad SMARTS) is 1. The Morgan fingerprint density at radius 2 is 2.00 bits per heavy atom. The number of hydrogen-bond donors (Lipinski definition) is 4. The molecule has 0 bridgehead atoms. The van der Waals surface area contributed by atoms with Crippen LogP contribution in [-0.2, 0) is 11.2 Å². The van der Waals surface area contributed by atoms with Crippen LogP contribution in [0.3, 0.4) is 0 Å². The fraction of sp³-hybridized carbons (Fsp3) is 0.333. The van der Waals surface area contributed by atoms with Crippen LogP contribution < -0.4 is 10.9 Å². The average molecular weight is 320 g/mol. The number of H-pyrrole nitrogens is 2.